The first-order valence-electron chi connectivity index (χ1n) is 5.45. The molecule has 1 saturated heterocycles. The molecule has 2 atom stereocenters. The maximum atomic E-state index is 8.84. The van der Waals surface area contributed by atoms with Gasteiger partial charge in [0.25, 0.3) is 0 Å². The number of hydrogen-bond acceptors (Lipinski definition) is 4. The molecule has 84 valence electrons. The summed E-state index contributed by atoms with van der Waals surface area (Å²) in [4.78, 5) is 6.47. The number of rotatable bonds is 1. The first kappa shape index (κ1) is 10.9. The van der Waals surface area contributed by atoms with Crippen molar-refractivity contribution in [1.29, 1.82) is 5.26 Å². The molecule has 1 aliphatic rings. The van der Waals surface area contributed by atoms with E-state index in [1.54, 1.807) is 12.3 Å². The average molecular weight is 217 g/mol. The van der Waals surface area contributed by atoms with Crippen LogP contribution < -0.4 is 4.90 Å². The lowest BCUT2D eigenvalue weighted by atomic mass is 10.2. The molecule has 1 aromatic rings. The van der Waals surface area contributed by atoms with E-state index >= 15 is 0 Å². The molecule has 0 saturated carbocycles. The summed E-state index contributed by atoms with van der Waals surface area (Å²) >= 11 is 0. The normalized spacial score (nSPS) is 25.2. The topological polar surface area (TPSA) is 49.2 Å². The lowest BCUT2D eigenvalue weighted by Crippen LogP contribution is -2.45. The van der Waals surface area contributed by atoms with E-state index in [2.05, 4.69) is 29.8 Å². The Labute approximate surface area is 95.5 Å². The van der Waals surface area contributed by atoms with Gasteiger partial charge in [0, 0.05) is 19.3 Å². The van der Waals surface area contributed by atoms with Gasteiger partial charge in [-0.05, 0) is 26.0 Å². The standard InChI is InChI=1S/C12H15N3O/c1-9-7-15(8-10(2)16-9)12-5-11(6-13)3-4-14-12/h3-5,9-10H,7-8H2,1-2H3. The molecule has 0 spiro atoms. The lowest BCUT2D eigenvalue weighted by molar-refractivity contribution is -0.00545. The van der Waals surface area contributed by atoms with Gasteiger partial charge in [0.05, 0.1) is 23.8 Å². The molecule has 0 amide bonds. The second-order valence-electron chi connectivity index (χ2n) is 4.18. The van der Waals surface area contributed by atoms with Gasteiger partial charge in [-0.3, -0.25) is 0 Å². The van der Waals surface area contributed by atoms with E-state index in [0.717, 1.165) is 18.9 Å². The van der Waals surface area contributed by atoms with Crippen molar-refractivity contribution in [3.05, 3.63) is 23.9 Å². The van der Waals surface area contributed by atoms with Gasteiger partial charge in [0.15, 0.2) is 0 Å². The fourth-order valence-electron chi connectivity index (χ4n) is 2.03. The Morgan fingerprint density at radius 3 is 2.75 bits per heavy atom. The predicted octanol–water partition coefficient (Wildman–Crippen LogP) is 1.57. The van der Waals surface area contributed by atoms with Crippen LogP contribution in [-0.4, -0.2) is 30.3 Å². The van der Waals surface area contributed by atoms with Crippen molar-refractivity contribution in [3.8, 4) is 6.07 Å². The number of nitriles is 1. The van der Waals surface area contributed by atoms with E-state index in [-0.39, 0.29) is 12.2 Å². The van der Waals surface area contributed by atoms with Gasteiger partial charge in [0.1, 0.15) is 5.82 Å². The Balaban J connectivity index is 2.20. The Kier molecular flexibility index (Phi) is 3.07. The molecule has 0 N–H and O–H groups in total. The van der Waals surface area contributed by atoms with Crippen LogP contribution in [0.4, 0.5) is 5.82 Å². The minimum absolute atomic E-state index is 0.205. The summed E-state index contributed by atoms with van der Waals surface area (Å²) in [5.74, 6) is 0.862. The van der Waals surface area contributed by atoms with Crippen molar-refractivity contribution < 1.29 is 4.74 Å². The van der Waals surface area contributed by atoms with Crippen LogP contribution in [0.25, 0.3) is 0 Å². The van der Waals surface area contributed by atoms with E-state index in [4.69, 9.17) is 10.00 Å². The second kappa shape index (κ2) is 4.50. The van der Waals surface area contributed by atoms with Gasteiger partial charge in [-0.1, -0.05) is 0 Å². The van der Waals surface area contributed by atoms with Crippen LogP contribution >= 0.6 is 0 Å². The highest BCUT2D eigenvalue weighted by atomic mass is 16.5. The Hall–Kier alpha value is -1.60. The highest BCUT2D eigenvalue weighted by Crippen LogP contribution is 2.18. The molecule has 1 aliphatic heterocycles. The van der Waals surface area contributed by atoms with Gasteiger partial charge >= 0.3 is 0 Å². The van der Waals surface area contributed by atoms with Crippen LogP contribution in [0, 0.1) is 11.3 Å². The number of nitrogens with zero attached hydrogens (tertiary/aromatic N) is 3. The molecule has 2 rings (SSSR count). The summed E-state index contributed by atoms with van der Waals surface area (Å²) in [6.45, 7) is 5.76. The summed E-state index contributed by atoms with van der Waals surface area (Å²) in [6.07, 6.45) is 2.09. The molecule has 0 aliphatic carbocycles. The molecule has 4 heteroatoms. The largest absolute Gasteiger partial charge is 0.372 e. The van der Waals surface area contributed by atoms with Crippen LogP contribution in [0.5, 0.6) is 0 Å². The van der Waals surface area contributed by atoms with Crippen molar-refractivity contribution in [2.75, 3.05) is 18.0 Å². The maximum Gasteiger partial charge on any atom is 0.129 e. The van der Waals surface area contributed by atoms with Gasteiger partial charge < -0.3 is 9.64 Å². The lowest BCUT2D eigenvalue weighted by Gasteiger charge is -2.36. The molecule has 0 bridgehead atoms. The molecule has 1 aromatic heterocycles. The molecule has 2 heterocycles. The van der Waals surface area contributed by atoms with Crippen molar-refractivity contribution in [1.82, 2.24) is 4.98 Å². The summed E-state index contributed by atoms with van der Waals surface area (Å²) in [7, 11) is 0. The second-order valence-corrected chi connectivity index (χ2v) is 4.18. The van der Waals surface area contributed by atoms with Crippen LogP contribution in [0.15, 0.2) is 18.3 Å². The van der Waals surface area contributed by atoms with E-state index in [1.807, 2.05) is 6.07 Å². The molecule has 0 radical (unpaired) electrons. The third kappa shape index (κ3) is 2.31. The first-order valence-corrected chi connectivity index (χ1v) is 5.45. The van der Waals surface area contributed by atoms with E-state index < -0.39 is 0 Å². The van der Waals surface area contributed by atoms with Crippen LogP contribution in [-0.2, 0) is 4.74 Å². The Morgan fingerprint density at radius 1 is 1.44 bits per heavy atom. The zero-order valence-electron chi connectivity index (χ0n) is 9.55. The SMILES string of the molecule is CC1CN(c2cc(C#N)ccn2)CC(C)O1. The summed E-state index contributed by atoms with van der Waals surface area (Å²) < 4.78 is 5.66. The zero-order valence-corrected chi connectivity index (χ0v) is 9.55. The van der Waals surface area contributed by atoms with E-state index in [9.17, 15) is 0 Å². The van der Waals surface area contributed by atoms with Crippen molar-refractivity contribution in [3.63, 3.8) is 0 Å². The number of morpholine rings is 1. The molecule has 0 aromatic carbocycles. The smallest absolute Gasteiger partial charge is 0.129 e. The summed E-state index contributed by atoms with van der Waals surface area (Å²) in [5, 5.41) is 8.84. The number of ether oxygens (including phenoxy) is 1. The third-order valence-electron chi connectivity index (χ3n) is 2.62. The van der Waals surface area contributed by atoms with E-state index in [1.165, 1.54) is 0 Å². The number of pyridine rings is 1. The van der Waals surface area contributed by atoms with Crippen LogP contribution in [0.1, 0.15) is 19.4 Å². The average Bonchev–Trinajstić information content (AvgIpc) is 2.28. The maximum absolute atomic E-state index is 8.84. The van der Waals surface area contributed by atoms with E-state index in [0.29, 0.717) is 5.56 Å². The molecular formula is C12H15N3O. The molecule has 4 nitrogen and oxygen atoms in total. The fourth-order valence-corrected chi connectivity index (χ4v) is 2.03. The van der Waals surface area contributed by atoms with Gasteiger partial charge in [-0.25, -0.2) is 4.98 Å². The van der Waals surface area contributed by atoms with Crippen molar-refractivity contribution >= 4 is 5.82 Å². The van der Waals surface area contributed by atoms with Crippen molar-refractivity contribution in [2.45, 2.75) is 26.1 Å². The zero-order chi connectivity index (χ0) is 11.5. The number of hydrogen-bond donors (Lipinski definition) is 0. The molecule has 2 unspecified atom stereocenters. The van der Waals surface area contributed by atoms with Gasteiger partial charge in [0.2, 0.25) is 0 Å². The fraction of sp³-hybridized carbons (Fsp3) is 0.500. The Morgan fingerprint density at radius 2 is 2.12 bits per heavy atom. The highest BCUT2D eigenvalue weighted by Gasteiger charge is 2.23. The third-order valence-corrected chi connectivity index (χ3v) is 2.62. The summed E-state index contributed by atoms with van der Waals surface area (Å²) in [6, 6.07) is 5.67. The molecule has 16 heavy (non-hydrogen) atoms. The highest BCUT2D eigenvalue weighted by molar-refractivity contribution is 5.45. The Bertz CT molecular complexity index is 403. The number of anilines is 1. The predicted molar refractivity (Wildman–Crippen MR) is 61.2 cm³/mol. The van der Waals surface area contributed by atoms with Crippen LogP contribution in [0.3, 0.4) is 0 Å². The van der Waals surface area contributed by atoms with Gasteiger partial charge in [-0.15, -0.1) is 0 Å². The quantitative estimate of drug-likeness (QED) is 0.716. The monoisotopic (exact) mass is 217 g/mol. The van der Waals surface area contributed by atoms with Gasteiger partial charge in [-0.2, -0.15) is 5.26 Å². The van der Waals surface area contributed by atoms with Crippen LogP contribution in [0.2, 0.25) is 0 Å². The minimum atomic E-state index is 0.205. The van der Waals surface area contributed by atoms with Crippen molar-refractivity contribution in [2.24, 2.45) is 0 Å². The number of aromatic nitrogens is 1. The first-order chi connectivity index (χ1) is 7.69. The minimum Gasteiger partial charge on any atom is -0.372 e. The molecular weight excluding hydrogens is 202 g/mol. The summed E-state index contributed by atoms with van der Waals surface area (Å²) in [5.41, 5.74) is 0.650. The molecule has 1 fully saturated rings.